The number of benzene rings is 1. The molecule has 1 aliphatic heterocycles. The first-order chi connectivity index (χ1) is 9.63. The lowest BCUT2D eigenvalue weighted by Gasteiger charge is -2.18. The van der Waals surface area contributed by atoms with E-state index < -0.39 is 0 Å². The molecule has 0 aliphatic carbocycles. The van der Waals surface area contributed by atoms with Gasteiger partial charge in [0.1, 0.15) is 10.8 Å². The van der Waals surface area contributed by atoms with Crippen LogP contribution in [0.1, 0.15) is 22.5 Å². The van der Waals surface area contributed by atoms with E-state index in [1.165, 1.54) is 11.6 Å². The molecule has 2 heterocycles. The molecule has 0 spiro atoms. The van der Waals surface area contributed by atoms with Gasteiger partial charge in [-0.25, -0.2) is 0 Å². The Hall–Kier alpha value is -1.65. The molecule has 3 N–H and O–H groups in total. The fraction of sp³-hybridized carbons (Fsp3) is 0.214. The van der Waals surface area contributed by atoms with E-state index in [4.69, 9.17) is 23.2 Å². The van der Waals surface area contributed by atoms with Crippen molar-refractivity contribution in [3.63, 3.8) is 0 Å². The second-order valence-corrected chi connectivity index (χ2v) is 5.49. The minimum absolute atomic E-state index is 0.262. The fourth-order valence-corrected chi connectivity index (χ4v) is 2.59. The van der Waals surface area contributed by atoms with Gasteiger partial charge < -0.3 is 15.6 Å². The van der Waals surface area contributed by atoms with Gasteiger partial charge in [0.2, 0.25) is 0 Å². The maximum atomic E-state index is 12.1. The number of anilines is 2. The molecule has 0 bridgehead atoms. The molecule has 104 valence electrons. The summed E-state index contributed by atoms with van der Waals surface area (Å²) >= 11 is 11.6. The molecule has 0 radical (unpaired) electrons. The quantitative estimate of drug-likeness (QED) is 0.787. The molecule has 6 heteroatoms. The predicted octanol–water partition coefficient (Wildman–Crippen LogP) is 3.93. The Bertz CT molecular complexity index is 647. The number of nitrogens with one attached hydrogen (secondary N) is 3. The summed E-state index contributed by atoms with van der Waals surface area (Å²) in [4.78, 5) is 14.8. The summed E-state index contributed by atoms with van der Waals surface area (Å²) in [5.41, 5.74) is 3.46. The molecule has 0 fully saturated rings. The van der Waals surface area contributed by atoms with Crippen molar-refractivity contribution in [3.05, 3.63) is 45.7 Å². The Kier molecular flexibility index (Phi) is 3.59. The van der Waals surface area contributed by atoms with Crippen molar-refractivity contribution in [2.24, 2.45) is 0 Å². The van der Waals surface area contributed by atoms with Gasteiger partial charge in [-0.1, -0.05) is 23.2 Å². The monoisotopic (exact) mass is 309 g/mol. The number of carbonyl (C=O) groups is 1. The molecule has 0 saturated carbocycles. The zero-order valence-corrected chi connectivity index (χ0v) is 12.1. The number of amides is 1. The number of hydrogen-bond donors (Lipinski definition) is 3. The minimum atomic E-state index is -0.262. The van der Waals surface area contributed by atoms with Crippen LogP contribution in [0.25, 0.3) is 0 Å². The van der Waals surface area contributed by atoms with Gasteiger partial charge in [-0.15, -0.1) is 0 Å². The Morgan fingerprint density at radius 2 is 2.10 bits per heavy atom. The average Bonchev–Trinajstić information content (AvgIpc) is 2.79. The lowest BCUT2D eigenvalue weighted by molar-refractivity contribution is 0.102. The molecule has 1 amide bonds. The van der Waals surface area contributed by atoms with Crippen LogP contribution in [0.5, 0.6) is 0 Å². The van der Waals surface area contributed by atoms with Crippen molar-refractivity contribution in [3.8, 4) is 0 Å². The normalized spacial score (nSPS) is 13.5. The SMILES string of the molecule is O=C(Nc1ccc2c(c1)CCCN2)c1cc(Cl)c(Cl)[nH]1. The smallest absolute Gasteiger partial charge is 0.272 e. The summed E-state index contributed by atoms with van der Waals surface area (Å²) in [6, 6.07) is 7.37. The number of fused-ring (bicyclic) bond motifs is 1. The van der Waals surface area contributed by atoms with E-state index in [0.717, 1.165) is 30.8 Å². The fourth-order valence-electron chi connectivity index (χ4n) is 2.28. The number of H-pyrrole nitrogens is 1. The third-order valence-corrected chi connectivity index (χ3v) is 3.96. The molecule has 4 nitrogen and oxygen atoms in total. The molecular weight excluding hydrogens is 297 g/mol. The number of rotatable bonds is 2. The van der Waals surface area contributed by atoms with Crippen LogP contribution in [0.3, 0.4) is 0 Å². The highest BCUT2D eigenvalue weighted by molar-refractivity contribution is 6.41. The number of aromatic nitrogens is 1. The highest BCUT2D eigenvalue weighted by Crippen LogP contribution is 2.26. The average molecular weight is 310 g/mol. The summed E-state index contributed by atoms with van der Waals surface area (Å²) in [5, 5.41) is 6.77. The van der Waals surface area contributed by atoms with Crippen LogP contribution >= 0.6 is 23.2 Å². The van der Waals surface area contributed by atoms with Crippen LogP contribution in [-0.2, 0) is 6.42 Å². The molecule has 20 heavy (non-hydrogen) atoms. The molecule has 3 rings (SSSR count). The highest BCUT2D eigenvalue weighted by Gasteiger charge is 2.13. The standard InChI is InChI=1S/C14H13Cl2N3O/c15-10-7-12(19-13(10)16)14(20)18-9-3-4-11-8(6-9)2-1-5-17-11/h3-4,6-7,17,19H,1-2,5H2,(H,18,20). The third kappa shape index (κ3) is 2.62. The Morgan fingerprint density at radius 1 is 1.25 bits per heavy atom. The van der Waals surface area contributed by atoms with E-state index in [2.05, 4.69) is 15.6 Å². The Morgan fingerprint density at radius 3 is 2.85 bits per heavy atom. The Labute approximate surface area is 126 Å². The predicted molar refractivity (Wildman–Crippen MR) is 82.0 cm³/mol. The van der Waals surface area contributed by atoms with Crippen LogP contribution < -0.4 is 10.6 Å². The Balaban J connectivity index is 1.79. The molecule has 1 aliphatic rings. The van der Waals surface area contributed by atoms with Crippen molar-refractivity contribution in [2.45, 2.75) is 12.8 Å². The van der Waals surface area contributed by atoms with Crippen molar-refractivity contribution in [2.75, 3.05) is 17.2 Å². The zero-order chi connectivity index (χ0) is 14.1. The summed E-state index contributed by atoms with van der Waals surface area (Å²) in [6.07, 6.45) is 2.12. The lowest BCUT2D eigenvalue weighted by Crippen LogP contribution is -2.15. The van der Waals surface area contributed by atoms with Crippen molar-refractivity contribution in [1.29, 1.82) is 0 Å². The van der Waals surface area contributed by atoms with Crippen LogP contribution in [0.2, 0.25) is 10.2 Å². The van der Waals surface area contributed by atoms with Crippen LogP contribution in [-0.4, -0.2) is 17.4 Å². The summed E-state index contributed by atoms with van der Waals surface area (Å²) in [7, 11) is 0. The number of carbonyl (C=O) groups excluding carboxylic acids is 1. The topological polar surface area (TPSA) is 56.9 Å². The maximum absolute atomic E-state index is 12.1. The lowest BCUT2D eigenvalue weighted by atomic mass is 10.0. The molecule has 0 unspecified atom stereocenters. The minimum Gasteiger partial charge on any atom is -0.385 e. The van der Waals surface area contributed by atoms with Gasteiger partial charge in [-0.05, 0) is 42.7 Å². The van der Waals surface area contributed by atoms with Gasteiger partial charge in [-0.3, -0.25) is 4.79 Å². The van der Waals surface area contributed by atoms with Gasteiger partial charge in [-0.2, -0.15) is 0 Å². The van der Waals surface area contributed by atoms with E-state index in [1.54, 1.807) is 0 Å². The maximum Gasteiger partial charge on any atom is 0.272 e. The second-order valence-electron chi connectivity index (χ2n) is 4.70. The number of halogens is 2. The summed E-state index contributed by atoms with van der Waals surface area (Å²) in [6.45, 7) is 0.998. The molecular formula is C14H13Cl2N3O. The zero-order valence-electron chi connectivity index (χ0n) is 10.6. The van der Waals surface area contributed by atoms with E-state index in [1.807, 2.05) is 18.2 Å². The molecule has 0 saturated heterocycles. The van der Waals surface area contributed by atoms with Crippen LogP contribution in [0.4, 0.5) is 11.4 Å². The number of aromatic amines is 1. The highest BCUT2D eigenvalue weighted by atomic mass is 35.5. The number of aryl methyl sites for hydroxylation is 1. The van der Waals surface area contributed by atoms with Gasteiger partial charge in [0.05, 0.1) is 5.02 Å². The summed E-state index contributed by atoms with van der Waals surface area (Å²) < 4.78 is 0. The van der Waals surface area contributed by atoms with Crippen molar-refractivity contribution < 1.29 is 4.79 Å². The van der Waals surface area contributed by atoms with Gasteiger partial charge >= 0.3 is 0 Å². The van der Waals surface area contributed by atoms with E-state index in [0.29, 0.717) is 10.7 Å². The third-order valence-electron chi connectivity index (χ3n) is 3.27. The largest absolute Gasteiger partial charge is 0.385 e. The van der Waals surface area contributed by atoms with Gasteiger partial charge in [0, 0.05) is 17.9 Å². The van der Waals surface area contributed by atoms with E-state index in [-0.39, 0.29) is 11.1 Å². The van der Waals surface area contributed by atoms with E-state index in [9.17, 15) is 4.79 Å². The summed E-state index contributed by atoms with van der Waals surface area (Å²) in [5.74, 6) is -0.262. The van der Waals surface area contributed by atoms with Crippen LogP contribution in [0.15, 0.2) is 24.3 Å². The van der Waals surface area contributed by atoms with Gasteiger partial charge in [0.15, 0.2) is 0 Å². The molecule has 0 atom stereocenters. The first-order valence-electron chi connectivity index (χ1n) is 6.35. The molecule has 1 aromatic carbocycles. The first kappa shape index (κ1) is 13.3. The van der Waals surface area contributed by atoms with Gasteiger partial charge in [0.25, 0.3) is 5.91 Å². The number of hydrogen-bond acceptors (Lipinski definition) is 2. The molecule has 1 aromatic heterocycles. The van der Waals surface area contributed by atoms with Crippen molar-refractivity contribution >= 4 is 40.5 Å². The first-order valence-corrected chi connectivity index (χ1v) is 7.11. The van der Waals surface area contributed by atoms with Crippen LogP contribution in [0, 0.1) is 0 Å². The second kappa shape index (κ2) is 5.38. The molecule has 2 aromatic rings. The van der Waals surface area contributed by atoms with Crippen molar-refractivity contribution in [1.82, 2.24) is 4.98 Å². The van der Waals surface area contributed by atoms with E-state index >= 15 is 0 Å².